The first-order chi connectivity index (χ1) is 8.30. The van der Waals surface area contributed by atoms with E-state index < -0.39 is 0 Å². The number of aryl methyl sites for hydroxylation is 1. The molecule has 2 heteroatoms. The molecule has 18 heavy (non-hydrogen) atoms. The van der Waals surface area contributed by atoms with E-state index in [4.69, 9.17) is 5.11 Å². The summed E-state index contributed by atoms with van der Waals surface area (Å²) in [5.74, 6) is 0. The van der Waals surface area contributed by atoms with Crippen LogP contribution in [-0.4, -0.2) is 24.3 Å². The Hall–Kier alpha value is -0.860. The average Bonchev–Trinajstić information content (AvgIpc) is 2.24. The van der Waals surface area contributed by atoms with Crippen molar-refractivity contribution in [2.24, 2.45) is 0 Å². The van der Waals surface area contributed by atoms with E-state index in [9.17, 15) is 0 Å². The number of aliphatic hydroxyl groups is 1. The van der Waals surface area contributed by atoms with Crippen molar-refractivity contribution in [3.63, 3.8) is 0 Å². The van der Waals surface area contributed by atoms with E-state index in [1.165, 1.54) is 16.7 Å². The minimum absolute atomic E-state index is 0.216. The van der Waals surface area contributed by atoms with Crippen LogP contribution in [0.1, 0.15) is 44.4 Å². The quantitative estimate of drug-likeness (QED) is 0.787. The van der Waals surface area contributed by atoms with Gasteiger partial charge in [0.15, 0.2) is 0 Å². The molecule has 2 N–H and O–H groups in total. The molecule has 1 aromatic carbocycles. The highest BCUT2D eigenvalue weighted by molar-refractivity contribution is 5.34. The Balaban J connectivity index is 2.58. The predicted octanol–water partition coefficient (Wildman–Crippen LogP) is 2.81. The summed E-state index contributed by atoms with van der Waals surface area (Å²) in [6, 6.07) is 6.76. The molecule has 0 bridgehead atoms. The first-order valence-corrected chi connectivity index (χ1v) is 6.79. The minimum Gasteiger partial charge on any atom is -0.392 e. The summed E-state index contributed by atoms with van der Waals surface area (Å²) in [7, 11) is 0. The zero-order valence-corrected chi connectivity index (χ0v) is 12.4. The molecule has 102 valence electrons. The second kappa shape index (κ2) is 6.35. The van der Waals surface area contributed by atoms with E-state index in [-0.39, 0.29) is 11.5 Å². The van der Waals surface area contributed by atoms with Gasteiger partial charge in [0.1, 0.15) is 0 Å². The summed E-state index contributed by atoms with van der Waals surface area (Å²) in [6.45, 7) is 12.3. The van der Waals surface area contributed by atoms with Gasteiger partial charge in [0, 0.05) is 6.54 Å². The molecule has 1 aromatic rings. The van der Waals surface area contributed by atoms with Gasteiger partial charge in [0.2, 0.25) is 0 Å². The van der Waals surface area contributed by atoms with Crippen LogP contribution in [0.3, 0.4) is 0 Å². The topological polar surface area (TPSA) is 32.3 Å². The number of nitrogens with one attached hydrogen (secondary N) is 1. The molecule has 0 spiro atoms. The van der Waals surface area contributed by atoms with Crippen molar-refractivity contribution in [1.82, 2.24) is 5.32 Å². The highest BCUT2D eigenvalue weighted by atomic mass is 16.3. The Morgan fingerprint density at radius 1 is 1.28 bits per heavy atom. The van der Waals surface area contributed by atoms with E-state index in [1.807, 2.05) is 0 Å². The largest absolute Gasteiger partial charge is 0.392 e. The Kier molecular flexibility index (Phi) is 5.36. The van der Waals surface area contributed by atoms with E-state index >= 15 is 0 Å². The van der Waals surface area contributed by atoms with E-state index in [0.29, 0.717) is 6.54 Å². The number of aliphatic hydroxyl groups excluding tert-OH is 1. The smallest absolute Gasteiger partial charge is 0.0636 e. The Morgan fingerprint density at radius 2 is 1.94 bits per heavy atom. The Labute approximate surface area is 111 Å². The SMILES string of the molecule is Cc1cc(C(C)(C)C)ccc1CCNCC(C)O. The van der Waals surface area contributed by atoms with Crippen LogP contribution in [0.25, 0.3) is 0 Å². The molecule has 0 radical (unpaired) electrons. The van der Waals surface area contributed by atoms with Crippen molar-refractivity contribution >= 4 is 0 Å². The first kappa shape index (κ1) is 15.2. The number of hydrogen-bond acceptors (Lipinski definition) is 2. The summed E-state index contributed by atoms with van der Waals surface area (Å²) < 4.78 is 0. The Bertz CT molecular complexity index is 377. The molecule has 0 aromatic heterocycles. The minimum atomic E-state index is -0.269. The number of benzene rings is 1. The molecule has 1 atom stereocenters. The van der Waals surface area contributed by atoms with Gasteiger partial charge in [-0.25, -0.2) is 0 Å². The van der Waals surface area contributed by atoms with Gasteiger partial charge in [-0.1, -0.05) is 39.0 Å². The molecule has 0 aliphatic heterocycles. The third kappa shape index (κ3) is 4.79. The van der Waals surface area contributed by atoms with Crippen LogP contribution < -0.4 is 5.32 Å². The Morgan fingerprint density at radius 3 is 2.44 bits per heavy atom. The van der Waals surface area contributed by atoms with Gasteiger partial charge in [-0.3, -0.25) is 0 Å². The molecule has 0 heterocycles. The van der Waals surface area contributed by atoms with Gasteiger partial charge in [-0.2, -0.15) is 0 Å². The normalized spacial score (nSPS) is 13.7. The summed E-state index contributed by atoms with van der Waals surface area (Å²) in [6.07, 6.45) is 0.748. The van der Waals surface area contributed by atoms with Gasteiger partial charge in [-0.05, 0) is 48.9 Å². The van der Waals surface area contributed by atoms with E-state index in [0.717, 1.165) is 13.0 Å². The van der Waals surface area contributed by atoms with Crippen LogP contribution in [0.2, 0.25) is 0 Å². The summed E-state index contributed by atoms with van der Waals surface area (Å²) >= 11 is 0. The fourth-order valence-corrected chi connectivity index (χ4v) is 1.98. The molecule has 0 aliphatic carbocycles. The zero-order chi connectivity index (χ0) is 13.8. The maximum absolute atomic E-state index is 9.17. The van der Waals surface area contributed by atoms with Crippen LogP contribution >= 0.6 is 0 Å². The summed E-state index contributed by atoms with van der Waals surface area (Å²) in [5.41, 5.74) is 4.36. The van der Waals surface area contributed by atoms with Crippen molar-refractivity contribution in [2.45, 2.75) is 52.6 Å². The summed E-state index contributed by atoms with van der Waals surface area (Å²) in [5, 5.41) is 12.4. The monoisotopic (exact) mass is 249 g/mol. The highest BCUT2D eigenvalue weighted by Crippen LogP contribution is 2.24. The third-order valence-corrected chi connectivity index (χ3v) is 3.22. The lowest BCUT2D eigenvalue weighted by molar-refractivity contribution is 0.191. The van der Waals surface area contributed by atoms with Crippen LogP contribution in [-0.2, 0) is 11.8 Å². The number of hydrogen-bond donors (Lipinski definition) is 2. The molecule has 1 unspecified atom stereocenters. The van der Waals surface area contributed by atoms with Crippen molar-refractivity contribution in [2.75, 3.05) is 13.1 Å². The third-order valence-electron chi connectivity index (χ3n) is 3.22. The van der Waals surface area contributed by atoms with Crippen LogP contribution in [0.5, 0.6) is 0 Å². The molecular formula is C16H27NO. The average molecular weight is 249 g/mol. The fourth-order valence-electron chi connectivity index (χ4n) is 1.98. The fraction of sp³-hybridized carbons (Fsp3) is 0.625. The molecule has 0 aliphatic rings. The highest BCUT2D eigenvalue weighted by Gasteiger charge is 2.14. The van der Waals surface area contributed by atoms with Crippen molar-refractivity contribution in [3.05, 3.63) is 34.9 Å². The molecule has 2 nitrogen and oxygen atoms in total. The molecular weight excluding hydrogens is 222 g/mol. The molecule has 0 fully saturated rings. The zero-order valence-electron chi connectivity index (χ0n) is 12.4. The second-order valence-electron chi connectivity index (χ2n) is 6.19. The van der Waals surface area contributed by atoms with Gasteiger partial charge in [-0.15, -0.1) is 0 Å². The van der Waals surface area contributed by atoms with Crippen LogP contribution in [0, 0.1) is 6.92 Å². The summed E-state index contributed by atoms with van der Waals surface area (Å²) in [4.78, 5) is 0. The van der Waals surface area contributed by atoms with Crippen molar-refractivity contribution in [3.8, 4) is 0 Å². The first-order valence-electron chi connectivity index (χ1n) is 6.79. The lowest BCUT2D eigenvalue weighted by atomic mass is 9.85. The molecule has 1 rings (SSSR count). The maximum Gasteiger partial charge on any atom is 0.0636 e. The number of rotatable bonds is 5. The molecule has 0 saturated carbocycles. The second-order valence-corrected chi connectivity index (χ2v) is 6.19. The standard InChI is InChI=1S/C16H27NO/c1-12-10-15(16(3,4)5)7-6-14(12)8-9-17-11-13(2)18/h6-7,10,13,17-18H,8-9,11H2,1-5H3. The lowest BCUT2D eigenvalue weighted by Gasteiger charge is -2.20. The maximum atomic E-state index is 9.17. The van der Waals surface area contributed by atoms with Crippen molar-refractivity contribution in [1.29, 1.82) is 0 Å². The van der Waals surface area contributed by atoms with E-state index in [1.54, 1.807) is 6.92 Å². The van der Waals surface area contributed by atoms with Gasteiger partial charge < -0.3 is 10.4 Å². The van der Waals surface area contributed by atoms with Crippen molar-refractivity contribution < 1.29 is 5.11 Å². The van der Waals surface area contributed by atoms with Crippen LogP contribution in [0.4, 0.5) is 0 Å². The predicted molar refractivity (Wildman–Crippen MR) is 78.1 cm³/mol. The van der Waals surface area contributed by atoms with Crippen LogP contribution in [0.15, 0.2) is 18.2 Å². The van der Waals surface area contributed by atoms with Gasteiger partial charge in [0.25, 0.3) is 0 Å². The molecule has 0 saturated heterocycles. The lowest BCUT2D eigenvalue weighted by Crippen LogP contribution is -2.26. The van der Waals surface area contributed by atoms with E-state index in [2.05, 4.69) is 51.2 Å². The molecule has 0 amide bonds. The van der Waals surface area contributed by atoms with Gasteiger partial charge >= 0.3 is 0 Å². The van der Waals surface area contributed by atoms with Gasteiger partial charge in [0.05, 0.1) is 6.10 Å².